The molecule has 0 radical (unpaired) electrons. The van der Waals surface area contributed by atoms with E-state index < -0.39 is 5.79 Å². The van der Waals surface area contributed by atoms with E-state index in [0.29, 0.717) is 6.61 Å². The molecule has 0 bridgehead atoms. The van der Waals surface area contributed by atoms with Crippen molar-refractivity contribution in [3.05, 3.63) is 18.2 Å². The summed E-state index contributed by atoms with van der Waals surface area (Å²) in [6.45, 7) is 6.40. The maximum atomic E-state index is 5.85. The molecule has 3 unspecified atom stereocenters. The van der Waals surface area contributed by atoms with Gasteiger partial charge in [-0.2, -0.15) is 0 Å². The highest BCUT2D eigenvalue weighted by molar-refractivity contribution is 4.98. The Kier molecular flexibility index (Phi) is 2.11. The number of ether oxygens (including phenoxy) is 3. The highest BCUT2D eigenvalue weighted by atomic mass is 16.8. The fourth-order valence-corrected chi connectivity index (χ4v) is 2.36. The van der Waals surface area contributed by atoms with Gasteiger partial charge in [-0.15, -0.1) is 0 Å². The molecule has 0 saturated carbocycles. The molecule has 5 heteroatoms. The molecular formula is C11H16N2O3. The van der Waals surface area contributed by atoms with Crippen molar-refractivity contribution in [2.24, 2.45) is 0 Å². The maximum Gasteiger partial charge on any atom is 0.164 e. The van der Waals surface area contributed by atoms with Crippen LogP contribution in [-0.2, 0) is 14.2 Å². The summed E-state index contributed by atoms with van der Waals surface area (Å²) in [5, 5.41) is 0. The lowest BCUT2D eigenvalue weighted by molar-refractivity contribution is -0.183. The van der Waals surface area contributed by atoms with Crippen LogP contribution in [0.4, 0.5) is 0 Å². The summed E-state index contributed by atoms with van der Waals surface area (Å²) in [6.07, 6.45) is 3.61. The molecule has 16 heavy (non-hydrogen) atoms. The van der Waals surface area contributed by atoms with Gasteiger partial charge >= 0.3 is 0 Å². The third-order valence-corrected chi connectivity index (χ3v) is 2.96. The van der Waals surface area contributed by atoms with E-state index in [0.717, 1.165) is 5.69 Å². The third-order valence-electron chi connectivity index (χ3n) is 2.96. The number of hydrogen-bond acceptors (Lipinski definition) is 4. The van der Waals surface area contributed by atoms with Crippen molar-refractivity contribution in [2.75, 3.05) is 6.61 Å². The average Bonchev–Trinajstić information content (AvgIpc) is 2.79. The number of aryl methyl sites for hydroxylation is 1. The number of aromatic nitrogens is 2. The molecule has 3 rings (SSSR count). The van der Waals surface area contributed by atoms with E-state index in [-0.39, 0.29) is 18.4 Å². The van der Waals surface area contributed by atoms with Gasteiger partial charge in [0.1, 0.15) is 12.2 Å². The van der Waals surface area contributed by atoms with Crippen LogP contribution in [0.15, 0.2) is 12.5 Å². The minimum absolute atomic E-state index is 0.0303. The molecule has 3 heterocycles. The highest BCUT2D eigenvalue weighted by Crippen LogP contribution is 2.39. The standard InChI is InChI=1S/C11H16N2O3/c1-7-4-13(6-12-7)10-9-8(5-14-10)15-11(2,3)16-9/h4,6,8-10H,5H2,1-3H3. The quantitative estimate of drug-likeness (QED) is 0.720. The van der Waals surface area contributed by atoms with Gasteiger partial charge in [-0.1, -0.05) is 0 Å². The number of fused-ring (bicyclic) bond motifs is 1. The molecule has 0 spiro atoms. The van der Waals surface area contributed by atoms with Crippen molar-refractivity contribution >= 4 is 0 Å². The van der Waals surface area contributed by atoms with E-state index in [1.54, 1.807) is 6.33 Å². The summed E-state index contributed by atoms with van der Waals surface area (Å²) in [6, 6.07) is 0. The normalized spacial score (nSPS) is 36.6. The molecule has 0 amide bonds. The average molecular weight is 224 g/mol. The van der Waals surface area contributed by atoms with Crippen LogP contribution in [0, 0.1) is 6.92 Å². The summed E-state index contributed by atoms with van der Waals surface area (Å²) in [7, 11) is 0. The van der Waals surface area contributed by atoms with Crippen molar-refractivity contribution in [2.45, 2.75) is 45.0 Å². The predicted molar refractivity (Wildman–Crippen MR) is 55.8 cm³/mol. The Hall–Kier alpha value is -0.910. The van der Waals surface area contributed by atoms with Crippen LogP contribution in [0.1, 0.15) is 25.8 Å². The predicted octanol–water partition coefficient (Wildman–Crippen LogP) is 1.24. The second-order valence-electron chi connectivity index (χ2n) is 4.82. The fraction of sp³-hybridized carbons (Fsp3) is 0.727. The van der Waals surface area contributed by atoms with Crippen LogP contribution < -0.4 is 0 Å². The second-order valence-corrected chi connectivity index (χ2v) is 4.82. The van der Waals surface area contributed by atoms with Crippen molar-refractivity contribution in [1.82, 2.24) is 9.55 Å². The Labute approximate surface area is 94.3 Å². The molecule has 2 aliphatic heterocycles. The molecule has 0 aromatic carbocycles. The highest BCUT2D eigenvalue weighted by Gasteiger charge is 2.50. The Morgan fingerprint density at radius 1 is 1.44 bits per heavy atom. The minimum atomic E-state index is -0.507. The van der Waals surface area contributed by atoms with E-state index in [1.807, 2.05) is 31.5 Å². The van der Waals surface area contributed by atoms with E-state index >= 15 is 0 Å². The number of rotatable bonds is 1. The smallest absolute Gasteiger partial charge is 0.164 e. The molecule has 2 saturated heterocycles. The Morgan fingerprint density at radius 3 is 2.94 bits per heavy atom. The SMILES string of the molecule is Cc1cn(C2OCC3OC(C)(C)OC32)cn1. The van der Waals surface area contributed by atoms with Gasteiger partial charge in [0.25, 0.3) is 0 Å². The summed E-state index contributed by atoms with van der Waals surface area (Å²) >= 11 is 0. The van der Waals surface area contributed by atoms with Crippen molar-refractivity contribution in [3.63, 3.8) is 0 Å². The van der Waals surface area contributed by atoms with Crippen LogP contribution in [0.5, 0.6) is 0 Å². The zero-order chi connectivity index (χ0) is 11.3. The molecule has 3 atom stereocenters. The van der Waals surface area contributed by atoms with E-state index in [2.05, 4.69) is 4.98 Å². The van der Waals surface area contributed by atoms with Gasteiger partial charge in [-0.3, -0.25) is 0 Å². The lowest BCUT2D eigenvalue weighted by Crippen LogP contribution is -2.27. The second kappa shape index (κ2) is 3.29. The molecule has 2 aliphatic rings. The molecule has 1 aromatic heterocycles. The molecule has 5 nitrogen and oxygen atoms in total. The summed E-state index contributed by atoms with van der Waals surface area (Å²) in [4.78, 5) is 4.20. The fourth-order valence-electron chi connectivity index (χ4n) is 2.36. The lowest BCUT2D eigenvalue weighted by Gasteiger charge is -2.22. The van der Waals surface area contributed by atoms with Crippen LogP contribution >= 0.6 is 0 Å². The molecular weight excluding hydrogens is 208 g/mol. The topological polar surface area (TPSA) is 45.5 Å². The zero-order valence-corrected chi connectivity index (χ0v) is 9.71. The van der Waals surface area contributed by atoms with Crippen LogP contribution in [0.25, 0.3) is 0 Å². The van der Waals surface area contributed by atoms with Crippen LogP contribution in [0.3, 0.4) is 0 Å². The number of nitrogens with zero attached hydrogens (tertiary/aromatic N) is 2. The first-order valence-corrected chi connectivity index (χ1v) is 5.52. The van der Waals surface area contributed by atoms with Crippen LogP contribution in [0.2, 0.25) is 0 Å². The molecule has 2 fully saturated rings. The van der Waals surface area contributed by atoms with Gasteiger partial charge in [0.15, 0.2) is 12.0 Å². The van der Waals surface area contributed by atoms with Crippen LogP contribution in [-0.4, -0.2) is 34.2 Å². The first-order chi connectivity index (χ1) is 7.55. The first-order valence-electron chi connectivity index (χ1n) is 5.52. The lowest BCUT2D eigenvalue weighted by atomic mass is 10.2. The van der Waals surface area contributed by atoms with E-state index in [4.69, 9.17) is 14.2 Å². The minimum Gasteiger partial charge on any atom is -0.352 e. The molecule has 0 aliphatic carbocycles. The number of imidazole rings is 1. The molecule has 0 N–H and O–H groups in total. The monoisotopic (exact) mass is 224 g/mol. The Morgan fingerprint density at radius 2 is 2.25 bits per heavy atom. The van der Waals surface area contributed by atoms with Crippen molar-refractivity contribution in [1.29, 1.82) is 0 Å². The summed E-state index contributed by atoms with van der Waals surface area (Å²) in [5.41, 5.74) is 0.977. The van der Waals surface area contributed by atoms with Gasteiger partial charge in [0.05, 0.1) is 18.6 Å². The first kappa shape index (κ1) is 10.3. The Bertz CT molecular complexity index is 402. The van der Waals surface area contributed by atoms with Gasteiger partial charge in [-0.05, 0) is 20.8 Å². The molecule has 88 valence electrons. The van der Waals surface area contributed by atoms with Gasteiger partial charge in [-0.25, -0.2) is 4.98 Å². The largest absolute Gasteiger partial charge is 0.352 e. The summed E-state index contributed by atoms with van der Waals surface area (Å²) < 4.78 is 19.2. The van der Waals surface area contributed by atoms with E-state index in [1.165, 1.54) is 0 Å². The zero-order valence-electron chi connectivity index (χ0n) is 9.71. The van der Waals surface area contributed by atoms with Gasteiger partial charge < -0.3 is 18.8 Å². The Balaban J connectivity index is 1.84. The van der Waals surface area contributed by atoms with Crippen molar-refractivity contribution < 1.29 is 14.2 Å². The molecule has 1 aromatic rings. The number of hydrogen-bond donors (Lipinski definition) is 0. The van der Waals surface area contributed by atoms with Gasteiger partial charge in [0.2, 0.25) is 0 Å². The maximum absolute atomic E-state index is 5.85. The summed E-state index contributed by atoms with van der Waals surface area (Å²) in [5.74, 6) is -0.507. The van der Waals surface area contributed by atoms with E-state index in [9.17, 15) is 0 Å². The van der Waals surface area contributed by atoms with Crippen molar-refractivity contribution in [3.8, 4) is 0 Å². The third kappa shape index (κ3) is 1.55. The van der Waals surface area contributed by atoms with Gasteiger partial charge in [0, 0.05) is 6.20 Å².